The first-order valence-corrected chi connectivity index (χ1v) is 7.89. The maximum absolute atomic E-state index is 12.0. The fourth-order valence-corrected chi connectivity index (χ4v) is 3.00. The summed E-state index contributed by atoms with van der Waals surface area (Å²) in [6, 6.07) is 7.70. The molecule has 1 aliphatic carbocycles. The Labute approximate surface area is 134 Å². The van der Waals surface area contributed by atoms with Gasteiger partial charge in [-0.1, -0.05) is 24.6 Å². The van der Waals surface area contributed by atoms with Gasteiger partial charge in [0.25, 0.3) is 0 Å². The summed E-state index contributed by atoms with van der Waals surface area (Å²) in [6.45, 7) is 2.49. The Balaban J connectivity index is 1.55. The summed E-state index contributed by atoms with van der Waals surface area (Å²) in [7, 11) is 0. The molecular weight excluding hydrogens is 300 g/mol. The highest BCUT2D eigenvalue weighted by atomic mass is 35.5. The summed E-state index contributed by atoms with van der Waals surface area (Å²) >= 11 is 6.00. The standard InChI is InChI=1S/C16H19ClN4O/c1-2-12-8-13(21-20-12)9-18-16(22)19-15-6-3-10-7-11(17)4-5-14(10)15/h4-5,7-8,15H,2-3,6,9H2,1H3,(H,20,21)(H2,18,19,22)/t15-/m1/s1. The van der Waals surface area contributed by atoms with Crippen LogP contribution in [0.2, 0.25) is 5.02 Å². The highest BCUT2D eigenvalue weighted by molar-refractivity contribution is 6.30. The molecule has 3 rings (SSSR count). The molecule has 0 unspecified atom stereocenters. The van der Waals surface area contributed by atoms with Crippen LogP contribution in [0.25, 0.3) is 0 Å². The van der Waals surface area contributed by atoms with Crippen LogP contribution in [-0.4, -0.2) is 16.2 Å². The van der Waals surface area contributed by atoms with E-state index in [0.29, 0.717) is 6.54 Å². The van der Waals surface area contributed by atoms with Crippen LogP contribution in [0.1, 0.15) is 41.9 Å². The summed E-state index contributed by atoms with van der Waals surface area (Å²) in [6.07, 6.45) is 2.73. The van der Waals surface area contributed by atoms with Crippen LogP contribution in [0, 0.1) is 0 Å². The SMILES string of the molecule is CCc1cc(CNC(=O)N[C@@H]2CCc3cc(Cl)ccc32)[nH]n1. The van der Waals surface area contributed by atoms with Crippen molar-refractivity contribution in [3.63, 3.8) is 0 Å². The highest BCUT2D eigenvalue weighted by Crippen LogP contribution is 2.32. The number of amides is 2. The summed E-state index contributed by atoms with van der Waals surface area (Å²) in [5.41, 5.74) is 4.29. The fraction of sp³-hybridized carbons (Fsp3) is 0.375. The van der Waals surface area contributed by atoms with Crippen LogP contribution in [0.3, 0.4) is 0 Å². The van der Waals surface area contributed by atoms with E-state index in [1.165, 1.54) is 5.56 Å². The summed E-state index contributed by atoms with van der Waals surface area (Å²) in [4.78, 5) is 12.0. The van der Waals surface area contributed by atoms with Gasteiger partial charge in [-0.05, 0) is 48.6 Å². The third-order valence-corrected chi connectivity index (χ3v) is 4.21. The Morgan fingerprint density at radius 2 is 2.32 bits per heavy atom. The molecule has 0 aliphatic heterocycles. The Morgan fingerprint density at radius 1 is 1.45 bits per heavy atom. The van der Waals surface area contributed by atoms with Gasteiger partial charge < -0.3 is 10.6 Å². The minimum Gasteiger partial charge on any atom is -0.333 e. The summed E-state index contributed by atoms with van der Waals surface area (Å²) in [5.74, 6) is 0. The smallest absolute Gasteiger partial charge is 0.315 e. The number of aryl methyl sites for hydroxylation is 2. The van der Waals surface area contributed by atoms with Crippen molar-refractivity contribution in [3.8, 4) is 0 Å². The molecule has 1 aliphatic rings. The lowest BCUT2D eigenvalue weighted by atomic mass is 10.1. The number of aromatic nitrogens is 2. The Hall–Kier alpha value is -2.01. The van der Waals surface area contributed by atoms with Crippen molar-refractivity contribution >= 4 is 17.6 Å². The van der Waals surface area contributed by atoms with Crippen LogP contribution < -0.4 is 10.6 Å². The lowest BCUT2D eigenvalue weighted by molar-refractivity contribution is 0.236. The first-order valence-electron chi connectivity index (χ1n) is 7.51. The number of carbonyl (C=O) groups is 1. The van der Waals surface area contributed by atoms with E-state index in [4.69, 9.17) is 11.6 Å². The zero-order chi connectivity index (χ0) is 15.5. The largest absolute Gasteiger partial charge is 0.333 e. The van der Waals surface area contributed by atoms with Crippen LogP contribution in [0.4, 0.5) is 4.79 Å². The van der Waals surface area contributed by atoms with Crippen molar-refractivity contribution in [2.45, 2.75) is 38.8 Å². The third-order valence-electron chi connectivity index (χ3n) is 3.97. The number of halogens is 1. The molecule has 1 aromatic carbocycles. The van der Waals surface area contributed by atoms with Gasteiger partial charge in [-0.2, -0.15) is 5.10 Å². The molecule has 22 heavy (non-hydrogen) atoms. The molecule has 2 aromatic rings. The van der Waals surface area contributed by atoms with E-state index in [1.807, 2.05) is 31.2 Å². The second kappa shape index (κ2) is 6.40. The van der Waals surface area contributed by atoms with Crippen LogP contribution in [0.15, 0.2) is 24.3 Å². The van der Waals surface area contributed by atoms with Crippen molar-refractivity contribution in [3.05, 3.63) is 51.8 Å². The van der Waals surface area contributed by atoms with E-state index >= 15 is 0 Å². The zero-order valence-electron chi connectivity index (χ0n) is 12.4. The fourth-order valence-electron chi connectivity index (χ4n) is 2.80. The van der Waals surface area contributed by atoms with Gasteiger partial charge in [0.1, 0.15) is 0 Å². The van der Waals surface area contributed by atoms with Gasteiger partial charge >= 0.3 is 6.03 Å². The first-order chi connectivity index (χ1) is 10.7. The molecular formula is C16H19ClN4O. The molecule has 116 valence electrons. The lowest BCUT2D eigenvalue weighted by Gasteiger charge is -2.14. The zero-order valence-corrected chi connectivity index (χ0v) is 13.2. The van der Waals surface area contributed by atoms with E-state index in [0.717, 1.165) is 41.2 Å². The monoisotopic (exact) mass is 318 g/mol. The molecule has 3 N–H and O–H groups in total. The molecule has 5 nitrogen and oxygen atoms in total. The van der Waals surface area contributed by atoms with Crippen LogP contribution in [-0.2, 0) is 19.4 Å². The molecule has 2 amide bonds. The topological polar surface area (TPSA) is 69.8 Å². The Kier molecular flexibility index (Phi) is 4.34. The number of nitrogens with zero attached hydrogens (tertiary/aromatic N) is 1. The van der Waals surface area contributed by atoms with Gasteiger partial charge in [0, 0.05) is 5.02 Å². The quantitative estimate of drug-likeness (QED) is 0.810. The molecule has 0 radical (unpaired) electrons. The van der Waals surface area contributed by atoms with Gasteiger partial charge in [0.05, 0.1) is 24.0 Å². The van der Waals surface area contributed by atoms with Gasteiger partial charge in [0.2, 0.25) is 0 Å². The normalized spacial score (nSPS) is 16.4. The second-order valence-corrected chi connectivity index (χ2v) is 5.94. The maximum atomic E-state index is 12.0. The number of hydrogen-bond donors (Lipinski definition) is 3. The maximum Gasteiger partial charge on any atom is 0.315 e. The minimum absolute atomic E-state index is 0.0558. The molecule has 6 heteroatoms. The minimum atomic E-state index is -0.166. The van der Waals surface area contributed by atoms with E-state index in [-0.39, 0.29) is 12.1 Å². The van der Waals surface area contributed by atoms with Gasteiger partial charge in [0.15, 0.2) is 0 Å². The van der Waals surface area contributed by atoms with Crippen molar-refractivity contribution in [2.75, 3.05) is 0 Å². The van der Waals surface area contributed by atoms with E-state index in [2.05, 4.69) is 20.8 Å². The number of fused-ring (bicyclic) bond motifs is 1. The molecule has 1 heterocycles. The molecule has 0 spiro atoms. The number of H-pyrrole nitrogens is 1. The molecule has 0 saturated heterocycles. The lowest BCUT2D eigenvalue weighted by Crippen LogP contribution is -2.37. The van der Waals surface area contributed by atoms with Crippen molar-refractivity contribution in [2.24, 2.45) is 0 Å². The van der Waals surface area contributed by atoms with Gasteiger partial charge in [-0.15, -0.1) is 0 Å². The molecule has 0 bridgehead atoms. The average Bonchev–Trinajstić information content (AvgIpc) is 3.12. The third kappa shape index (κ3) is 3.25. The number of carbonyl (C=O) groups excluding carboxylic acids is 1. The van der Waals surface area contributed by atoms with Crippen LogP contribution >= 0.6 is 11.6 Å². The number of rotatable bonds is 4. The highest BCUT2D eigenvalue weighted by Gasteiger charge is 2.23. The number of urea groups is 1. The Morgan fingerprint density at radius 3 is 3.09 bits per heavy atom. The number of aromatic amines is 1. The molecule has 0 saturated carbocycles. The predicted octanol–water partition coefficient (Wildman–Crippen LogP) is 3.11. The Bertz CT molecular complexity index is 683. The molecule has 1 atom stereocenters. The number of benzene rings is 1. The second-order valence-electron chi connectivity index (χ2n) is 5.50. The van der Waals surface area contributed by atoms with E-state index < -0.39 is 0 Å². The van der Waals surface area contributed by atoms with Crippen molar-refractivity contribution in [1.29, 1.82) is 0 Å². The summed E-state index contributed by atoms with van der Waals surface area (Å²) in [5, 5.41) is 13.7. The van der Waals surface area contributed by atoms with Crippen molar-refractivity contribution in [1.82, 2.24) is 20.8 Å². The van der Waals surface area contributed by atoms with Crippen LogP contribution in [0.5, 0.6) is 0 Å². The van der Waals surface area contributed by atoms with E-state index in [9.17, 15) is 4.79 Å². The molecule has 1 aromatic heterocycles. The predicted molar refractivity (Wildman–Crippen MR) is 85.9 cm³/mol. The first kappa shape index (κ1) is 14.9. The number of nitrogens with one attached hydrogen (secondary N) is 3. The van der Waals surface area contributed by atoms with Crippen molar-refractivity contribution < 1.29 is 4.79 Å². The van der Waals surface area contributed by atoms with Gasteiger partial charge in [-0.3, -0.25) is 5.10 Å². The summed E-state index contributed by atoms with van der Waals surface area (Å²) < 4.78 is 0. The van der Waals surface area contributed by atoms with Gasteiger partial charge in [-0.25, -0.2) is 4.79 Å². The average molecular weight is 319 g/mol. The number of hydrogen-bond acceptors (Lipinski definition) is 2. The van der Waals surface area contributed by atoms with E-state index in [1.54, 1.807) is 0 Å². The molecule has 0 fully saturated rings.